The predicted octanol–water partition coefficient (Wildman–Crippen LogP) is 4.13. The highest BCUT2D eigenvalue weighted by atomic mass is 35.5. The van der Waals surface area contributed by atoms with Crippen LogP contribution in [0.15, 0.2) is 73.1 Å². The zero-order chi connectivity index (χ0) is 22.2. The van der Waals surface area contributed by atoms with Crippen molar-refractivity contribution >= 4 is 17.5 Å². The topological polar surface area (TPSA) is 67.4 Å². The summed E-state index contributed by atoms with van der Waals surface area (Å²) in [7, 11) is 0. The number of halogens is 1. The van der Waals surface area contributed by atoms with E-state index in [0.29, 0.717) is 17.5 Å². The van der Waals surface area contributed by atoms with Crippen LogP contribution in [0, 0.1) is 5.92 Å². The van der Waals surface area contributed by atoms with E-state index in [1.807, 2.05) is 60.7 Å². The standard InChI is InChI=1S/C25H27ClN4O2/c26-21-9-7-19(8-10-21)24(22-5-1-3-13-27-22)29-25(31)20-11-15-30(16-12-20)17-18-32-23-6-2-4-14-28-23/h1-10,13-14,20,24H,11-12,15-18H2,(H,29,31). The molecule has 166 valence electrons. The lowest BCUT2D eigenvalue weighted by Gasteiger charge is -2.32. The molecular formula is C25H27ClN4O2. The lowest BCUT2D eigenvalue weighted by molar-refractivity contribution is -0.127. The molecule has 1 aromatic carbocycles. The molecule has 0 spiro atoms. The maximum atomic E-state index is 13.1. The molecule has 1 aliphatic heterocycles. The van der Waals surface area contributed by atoms with E-state index < -0.39 is 0 Å². The van der Waals surface area contributed by atoms with Crippen molar-refractivity contribution in [1.82, 2.24) is 20.2 Å². The summed E-state index contributed by atoms with van der Waals surface area (Å²) in [5.74, 6) is 0.700. The Kier molecular flexibility index (Phi) is 7.69. The Labute approximate surface area is 193 Å². The number of pyridine rings is 2. The average Bonchev–Trinajstić information content (AvgIpc) is 2.85. The van der Waals surface area contributed by atoms with Crippen molar-refractivity contribution in [2.24, 2.45) is 5.92 Å². The molecule has 0 saturated carbocycles. The third kappa shape index (κ3) is 6.05. The highest BCUT2D eigenvalue weighted by Crippen LogP contribution is 2.24. The summed E-state index contributed by atoms with van der Waals surface area (Å²) in [6.07, 6.45) is 5.12. The van der Waals surface area contributed by atoms with Gasteiger partial charge in [0.1, 0.15) is 6.61 Å². The summed E-state index contributed by atoms with van der Waals surface area (Å²) in [5.41, 5.74) is 1.78. The van der Waals surface area contributed by atoms with E-state index in [1.54, 1.807) is 12.4 Å². The molecule has 2 aromatic heterocycles. The minimum absolute atomic E-state index is 0.0125. The molecule has 6 nitrogen and oxygen atoms in total. The Morgan fingerprint density at radius 2 is 1.75 bits per heavy atom. The second kappa shape index (κ2) is 11.1. The van der Waals surface area contributed by atoms with Crippen LogP contribution in [0.1, 0.15) is 30.1 Å². The van der Waals surface area contributed by atoms with Gasteiger partial charge in [-0.05, 0) is 61.8 Å². The number of ether oxygens (including phenoxy) is 1. The van der Waals surface area contributed by atoms with Crippen molar-refractivity contribution in [3.63, 3.8) is 0 Å². The molecule has 1 unspecified atom stereocenters. The van der Waals surface area contributed by atoms with Gasteiger partial charge in [0, 0.05) is 35.9 Å². The molecule has 1 amide bonds. The van der Waals surface area contributed by atoms with Gasteiger partial charge in [-0.25, -0.2) is 4.98 Å². The van der Waals surface area contributed by atoms with Gasteiger partial charge in [0.25, 0.3) is 0 Å². The Morgan fingerprint density at radius 1 is 1.03 bits per heavy atom. The number of hydrogen-bond donors (Lipinski definition) is 1. The highest BCUT2D eigenvalue weighted by molar-refractivity contribution is 6.30. The van der Waals surface area contributed by atoms with E-state index in [1.165, 1.54) is 0 Å². The van der Waals surface area contributed by atoms with Gasteiger partial charge in [-0.1, -0.05) is 35.9 Å². The van der Waals surface area contributed by atoms with Crippen LogP contribution in [0.5, 0.6) is 5.88 Å². The number of hydrogen-bond acceptors (Lipinski definition) is 5. The van der Waals surface area contributed by atoms with Crippen LogP contribution in [-0.2, 0) is 4.79 Å². The van der Waals surface area contributed by atoms with Crippen LogP contribution < -0.4 is 10.1 Å². The number of nitrogens with zero attached hydrogens (tertiary/aromatic N) is 3. The fourth-order valence-corrected chi connectivity index (χ4v) is 4.05. The Bertz CT molecular complexity index is 978. The van der Waals surface area contributed by atoms with Crippen LogP contribution >= 0.6 is 11.6 Å². The maximum Gasteiger partial charge on any atom is 0.224 e. The van der Waals surface area contributed by atoms with Crippen molar-refractivity contribution in [1.29, 1.82) is 0 Å². The van der Waals surface area contributed by atoms with Crippen molar-refractivity contribution < 1.29 is 9.53 Å². The molecule has 1 aliphatic rings. The monoisotopic (exact) mass is 450 g/mol. The van der Waals surface area contributed by atoms with Gasteiger partial charge in [0.2, 0.25) is 11.8 Å². The fraction of sp³-hybridized carbons (Fsp3) is 0.320. The van der Waals surface area contributed by atoms with Crippen molar-refractivity contribution in [2.45, 2.75) is 18.9 Å². The number of carbonyl (C=O) groups excluding carboxylic acids is 1. The molecule has 3 heterocycles. The summed E-state index contributed by atoms with van der Waals surface area (Å²) < 4.78 is 5.69. The van der Waals surface area contributed by atoms with Crippen molar-refractivity contribution in [3.8, 4) is 5.88 Å². The lowest BCUT2D eigenvalue weighted by Crippen LogP contribution is -2.43. The predicted molar refractivity (Wildman–Crippen MR) is 125 cm³/mol. The first-order valence-electron chi connectivity index (χ1n) is 10.9. The number of likely N-dealkylation sites (tertiary alicyclic amines) is 1. The fourth-order valence-electron chi connectivity index (χ4n) is 3.92. The minimum Gasteiger partial charge on any atom is -0.476 e. The molecule has 7 heteroatoms. The highest BCUT2D eigenvalue weighted by Gasteiger charge is 2.27. The van der Waals surface area contributed by atoms with Crippen LogP contribution in [-0.4, -0.2) is 47.0 Å². The molecular weight excluding hydrogens is 424 g/mol. The van der Waals surface area contributed by atoms with E-state index in [4.69, 9.17) is 16.3 Å². The molecule has 0 radical (unpaired) electrons. The van der Waals surface area contributed by atoms with Gasteiger partial charge in [-0.15, -0.1) is 0 Å². The van der Waals surface area contributed by atoms with Crippen LogP contribution in [0.2, 0.25) is 5.02 Å². The first-order chi connectivity index (χ1) is 15.7. The van der Waals surface area contributed by atoms with E-state index in [-0.39, 0.29) is 17.9 Å². The minimum atomic E-state index is -0.300. The largest absolute Gasteiger partial charge is 0.476 e. The number of piperidine rings is 1. The van der Waals surface area contributed by atoms with Gasteiger partial charge in [-0.2, -0.15) is 0 Å². The SMILES string of the molecule is O=C(NC(c1ccc(Cl)cc1)c1ccccn1)C1CCN(CCOc2ccccn2)CC1. The average molecular weight is 451 g/mol. The molecule has 3 aromatic rings. The van der Waals surface area contributed by atoms with Crippen LogP contribution in [0.4, 0.5) is 0 Å². The summed E-state index contributed by atoms with van der Waals surface area (Å²) in [6, 6.07) is 18.6. The third-order valence-corrected chi connectivity index (χ3v) is 5.98. The van der Waals surface area contributed by atoms with Gasteiger partial charge >= 0.3 is 0 Å². The molecule has 32 heavy (non-hydrogen) atoms. The molecule has 1 saturated heterocycles. The quantitative estimate of drug-likeness (QED) is 0.559. The lowest BCUT2D eigenvalue weighted by atomic mass is 9.94. The Balaban J connectivity index is 1.31. The first-order valence-corrected chi connectivity index (χ1v) is 11.3. The molecule has 1 N–H and O–H groups in total. The van der Waals surface area contributed by atoms with E-state index in [9.17, 15) is 4.79 Å². The third-order valence-electron chi connectivity index (χ3n) is 5.73. The summed E-state index contributed by atoms with van der Waals surface area (Å²) in [4.78, 5) is 24.1. The van der Waals surface area contributed by atoms with Crippen molar-refractivity contribution in [2.75, 3.05) is 26.2 Å². The number of carbonyl (C=O) groups is 1. The smallest absolute Gasteiger partial charge is 0.224 e. The number of benzene rings is 1. The van der Waals surface area contributed by atoms with Gasteiger partial charge < -0.3 is 10.1 Å². The summed E-state index contributed by atoms with van der Waals surface area (Å²) >= 11 is 6.05. The second-order valence-electron chi connectivity index (χ2n) is 7.88. The number of nitrogens with one attached hydrogen (secondary N) is 1. The first kappa shape index (κ1) is 22.2. The van der Waals surface area contributed by atoms with E-state index >= 15 is 0 Å². The van der Waals surface area contributed by atoms with Gasteiger partial charge in [-0.3, -0.25) is 14.7 Å². The summed E-state index contributed by atoms with van der Waals surface area (Å²) in [6.45, 7) is 3.16. The Hall–Kier alpha value is -2.96. The Morgan fingerprint density at radius 3 is 2.41 bits per heavy atom. The van der Waals surface area contributed by atoms with Crippen molar-refractivity contribution in [3.05, 3.63) is 89.3 Å². The maximum absolute atomic E-state index is 13.1. The zero-order valence-electron chi connectivity index (χ0n) is 17.9. The van der Waals surface area contributed by atoms with E-state index in [0.717, 1.165) is 43.7 Å². The zero-order valence-corrected chi connectivity index (χ0v) is 18.6. The number of amides is 1. The van der Waals surface area contributed by atoms with Crippen LogP contribution in [0.3, 0.4) is 0 Å². The normalized spacial score (nSPS) is 15.8. The van der Waals surface area contributed by atoms with E-state index in [2.05, 4.69) is 20.2 Å². The number of aromatic nitrogens is 2. The van der Waals surface area contributed by atoms with Crippen LogP contribution in [0.25, 0.3) is 0 Å². The molecule has 1 fully saturated rings. The molecule has 4 rings (SSSR count). The summed E-state index contributed by atoms with van der Waals surface area (Å²) in [5, 5.41) is 3.89. The number of rotatable bonds is 8. The second-order valence-corrected chi connectivity index (χ2v) is 8.32. The molecule has 1 atom stereocenters. The van der Waals surface area contributed by atoms with Gasteiger partial charge in [0.05, 0.1) is 11.7 Å². The molecule has 0 aliphatic carbocycles. The van der Waals surface area contributed by atoms with Gasteiger partial charge in [0.15, 0.2) is 0 Å². The molecule has 0 bridgehead atoms.